The molecule has 0 saturated carbocycles. The van der Waals surface area contributed by atoms with E-state index in [2.05, 4.69) is 53.4 Å². The van der Waals surface area contributed by atoms with E-state index >= 15 is 0 Å². The van der Waals surface area contributed by atoms with Crippen molar-refractivity contribution in [3.8, 4) is 0 Å². The van der Waals surface area contributed by atoms with Gasteiger partial charge < -0.3 is 10.2 Å². The van der Waals surface area contributed by atoms with Crippen molar-refractivity contribution in [1.82, 2.24) is 15.1 Å². The summed E-state index contributed by atoms with van der Waals surface area (Å²) >= 11 is 0. The van der Waals surface area contributed by atoms with Gasteiger partial charge in [0.1, 0.15) is 0 Å². The van der Waals surface area contributed by atoms with E-state index in [1.807, 2.05) is 0 Å². The molecule has 1 N–H and O–H groups in total. The molecule has 0 bridgehead atoms. The molecular weight excluding hydrogens is 234 g/mol. The highest BCUT2D eigenvalue weighted by atomic mass is 15.2. The Morgan fingerprint density at radius 1 is 1.11 bits per heavy atom. The lowest BCUT2D eigenvalue weighted by Gasteiger charge is -2.29. The number of piperazine rings is 1. The fraction of sp³-hybridized carbons (Fsp3) is 0.625. The maximum atomic E-state index is 3.40. The third-order valence-electron chi connectivity index (χ3n) is 3.91. The van der Waals surface area contributed by atoms with E-state index in [4.69, 9.17) is 0 Å². The van der Waals surface area contributed by atoms with Gasteiger partial charge in [0.2, 0.25) is 0 Å². The maximum absolute atomic E-state index is 3.40. The number of rotatable bonds is 6. The summed E-state index contributed by atoms with van der Waals surface area (Å²) in [5.41, 5.74) is 2.79. The average molecular weight is 261 g/mol. The van der Waals surface area contributed by atoms with E-state index in [1.54, 1.807) is 0 Å². The topological polar surface area (TPSA) is 18.5 Å². The predicted molar refractivity (Wildman–Crippen MR) is 81.7 cm³/mol. The SMILES string of the molecule is Cc1ccc(CCN(C)CCN2CCNCC2)cc1. The second-order valence-electron chi connectivity index (χ2n) is 5.63. The first kappa shape index (κ1) is 14.5. The van der Waals surface area contributed by atoms with E-state index < -0.39 is 0 Å². The molecule has 0 atom stereocenters. The van der Waals surface area contributed by atoms with Gasteiger partial charge in [-0.1, -0.05) is 29.8 Å². The molecule has 1 heterocycles. The first-order valence-electron chi connectivity index (χ1n) is 7.41. The predicted octanol–water partition coefficient (Wildman–Crippen LogP) is 1.37. The number of aryl methyl sites for hydroxylation is 1. The van der Waals surface area contributed by atoms with Crippen LogP contribution in [0.2, 0.25) is 0 Å². The second kappa shape index (κ2) is 7.63. The van der Waals surface area contributed by atoms with E-state index in [0.29, 0.717) is 0 Å². The second-order valence-corrected chi connectivity index (χ2v) is 5.63. The van der Waals surface area contributed by atoms with Crippen LogP contribution in [-0.4, -0.2) is 62.7 Å². The molecule has 1 aliphatic rings. The summed E-state index contributed by atoms with van der Waals surface area (Å²) in [5.74, 6) is 0. The van der Waals surface area contributed by atoms with Crippen LogP contribution in [0.4, 0.5) is 0 Å². The smallest absolute Gasteiger partial charge is 0.0110 e. The van der Waals surface area contributed by atoms with Gasteiger partial charge in [0.15, 0.2) is 0 Å². The first-order valence-corrected chi connectivity index (χ1v) is 7.41. The number of nitrogens with one attached hydrogen (secondary N) is 1. The van der Waals surface area contributed by atoms with E-state index in [0.717, 1.165) is 26.1 Å². The molecule has 1 fully saturated rings. The Balaban J connectivity index is 1.63. The van der Waals surface area contributed by atoms with Gasteiger partial charge in [-0.2, -0.15) is 0 Å². The minimum atomic E-state index is 1.15. The number of likely N-dealkylation sites (N-methyl/N-ethyl adjacent to an activating group) is 1. The molecule has 0 spiro atoms. The molecule has 1 aliphatic heterocycles. The first-order chi connectivity index (χ1) is 9.24. The fourth-order valence-corrected chi connectivity index (χ4v) is 2.43. The van der Waals surface area contributed by atoms with Crippen LogP contribution in [0.15, 0.2) is 24.3 Å². The van der Waals surface area contributed by atoms with E-state index in [1.165, 1.54) is 37.3 Å². The van der Waals surface area contributed by atoms with Crippen LogP contribution in [0.5, 0.6) is 0 Å². The molecule has 0 aromatic heterocycles. The zero-order valence-corrected chi connectivity index (χ0v) is 12.4. The van der Waals surface area contributed by atoms with Crippen LogP contribution in [0, 0.1) is 6.92 Å². The van der Waals surface area contributed by atoms with Crippen molar-refractivity contribution in [2.45, 2.75) is 13.3 Å². The van der Waals surface area contributed by atoms with Crippen molar-refractivity contribution in [1.29, 1.82) is 0 Å². The lowest BCUT2D eigenvalue weighted by atomic mass is 10.1. The molecule has 0 aliphatic carbocycles. The minimum absolute atomic E-state index is 1.15. The van der Waals surface area contributed by atoms with Crippen molar-refractivity contribution in [2.24, 2.45) is 0 Å². The summed E-state index contributed by atoms with van der Waals surface area (Å²) in [6, 6.07) is 8.91. The van der Waals surface area contributed by atoms with Crippen molar-refractivity contribution < 1.29 is 0 Å². The summed E-state index contributed by atoms with van der Waals surface area (Å²) in [6.45, 7) is 10.4. The van der Waals surface area contributed by atoms with Gasteiger partial charge in [-0.15, -0.1) is 0 Å². The zero-order valence-electron chi connectivity index (χ0n) is 12.4. The highest BCUT2D eigenvalue weighted by molar-refractivity contribution is 5.21. The van der Waals surface area contributed by atoms with Gasteiger partial charge in [-0.05, 0) is 26.0 Å². The Labute approximate surface area is 117 Å². The van der Waals surface area contributed by atoms with E-state index in [9.17, 15) is 0 Å². The summed E-state index contributed by atoms with van der Waals surface area (Å²) in [4.78, 5) is 5.00. The molecule has 3 heteroatoms. The Morgan fingerprint density at radius 2 is 1.79 bits per heavy atom. The number of benzene rings is 1. The molecule has 3 nitrogen and oxygen atoms in total. The Morgan fingerprint density at radius 3 is 2.47 bits per heavy atom. The molecule has 1 aromatic rings. The van der Waals surface area contributed by atoms with Crippen LogP contribution in [0.3, 0.4) is 0 Å². The van der Waals surface area contributed by atoms with Crippen LogP contribution in [0.1, 0.15) is 11.1 Å². The van der Waals surface area contributed by atoms with Gasteiger partial charge in [-0.25, -0.2) is 0 Å². The van der Waals surface area contributed by atoms with Crippen molar-refractivity contribution in [2.75, 3.05) is 52.9 Å². The van der Waals surface area contributed by atoms with Crippen LogP contribution in [-0.2, 0) is 6.42 Å². The van der Waals surface area contributed by atoms with E-state index in [-0.39, 0.29) is 0 Å². The molecule has 0 radical (unpaired) electrons. The van der Waals surface area contributed by atoms with Crippen LogP contribution in [0.25, 0.3) is 0 Å². The average Bonchev–Trinajstić information content (AvgIpc) is 2.45. The normalized spacial score (nSPS) is 17.0. The molecule has 106 valence electrons. The Kier molecular flexibility index (Phi) is 5.83. The zero-order chi connectivity index (χ0) is 13.5. The molecule has 1 saturated heterocycles. The quantitative estimate of drug-likeness (QED) is 0.834. The minimum Gasteiger partial charge on any atom is -0.314 e. The molecule has 19 heavy (non-hydrogen) atoms. The van der Waals surface area contributed by atoms with Gasteiger partial charge >= 0.3 is 0 Å². The summed E-state index contributed by atoms with van der Waals surface area (Å²) in [5, 5.41) is 3.40. The lowest BCUT2D eigenvalue weighted by molar-refractivity contribution is 0.206. The monoisotopic (exact) mass is 261 g/mol. The van der Waals surface area contributed by atoms with Gasteiger partial charge in [0.05, 0.1) is 0 Å². The number of hydrogen-bond acceptors (Lipinski definition) is 3. The van der Waals surface area contributed by atoms with Crippen LogP contribution < -0.4 is 5.32 Å². The highest BCUT2D eigenvalue weighted by Crippen LogP contribution is 2.04. The van der Waals surface area contributed by atoms with Gasteiger partial charge in [0, 0.05) is 45.8 Å². The molecule has 0 unspecified atom stereocenters. The standard InChI is InChI=1S/C16H27N3/c1-15-3-5-16(6-4-15)7-10-18(2)13-14-19-11-8-17-9-12-19/h3-6,17H,7-14H2,1-2H3. The number of nitrogens with zero attached hydrogens (tertiary/aromatic N) is 2. The molecule has 1 aromatic carbocycles. The summed E-state index contributed by atoms with van der Waals surface area (Å²) in [7, 11) is 2.23. The Bertz CT molecular complexity index is 355. The van der Waals surface area contributed by atoms with Crippen molar-refractivity contribution in [3.63, 3.8) is 0 Å². The van der Waals surface area contributed by atoms with Gasteiger partial charge in [-0.3, -0.25) is 4.90 Å². The lowest BCUT2D eigenvalue weighted by Crippen LogP contribution is -2.46. The summed E-state index contributed by atoms with van der Waals surface area (Å²) in [6.07, 6.45) is 1.15. The highest BCUT2D eigenvalue weighted by Gasteiger charge is 2.09. The fourth-order valence-electron chi connectivity index (χ4n) is 2.43. The Hall–Kier alpha value is -0.900. The number of hydrogen-bond donors (Lipinski definition) is 1. The van der Waals surface area contributed by atoms with Crippen molar-refractivity contribution in [3.05, 3.63) is 35.4 Å². The molecule has 0 amide bonds. The van der Waals surface area contributed by atoms with Crippen molar-refractivity contribution >= 4 is 0 Å². The third-order valence-corrected chi connectivity index (χ3v) is 3.91. The summed E-state index contributed by atoms with van der Waals surface area (Å²) < 4.78 is 0. The molecular formula is C16H27N3. The maximum Gasteiger partial charge on any atom is 0.0110 e. The largest absolute Gasteiger partial charge is 0.314 e. The van der Waals surface area contributed by atoms with Crippen LogP contribution >= 0.6 is 0 Å². The van der Waals surface area contributed by atoms with Gasteiger partial charge in [0.25, 0.3) is 0 Å². The molecule has 2 rings (SSSR count). The third kappa shape index (κ3) is 5.31.